The second-order valence-electron chi connectivity index (χ2n) is 3.50. The molecule has 18 heavy (non-hydrogen) atoms. The monoisotopic (exact) mass is 314 g/mol. The summed E-state index contributed by atoms with van der Waals surface area (Å²) >= 11 is 3.29. The number of phenolic OH excluding ortho intramolecular Hbond substituents is 1. The molecule has 0 bridgehead atoms. The lowest BCUT2D eigenvalue weighted by Gasteiger charge is -2.13. The van der Waals surface area contributed by atoms with Gasteiger partial charge in [0.05, 0.1) is 5.69 Å². The Labute approximate surface area is 113 Å². The molecule has 0 saturated carbocycles. The van der Waals surface area contributed by atoms with Gasteiger partial charge >= 0.3 is 6.03 Å². The van der Waals surface area contributed by atoms with Gasteiger partial charge in [0.15, 0.2) is 5.96 Å². The maximum atomic E-state index is 11.6. The first-order valence-corrected chi connectivity index (χ1v) is 6.08. The third kappa shape index (κ3) is 3.63. The van der Waals surface area contributed by atoms with Crippen molar-refractivity contribution in [2.45, 2.75) is 13.3 Å². The van der Waals surface area contributed by atoms with Gasteiger partial charge in [0, 0.05) is 11.5 Å². The minimum absolute atomic E-state index is 0.0282. The summed E-state index contributed by atoms with van der Waals surface area (Å²) in [4.78, 5) is 15.2. The Hall–Kier alpha value is -1.76. The van der Waals surface area contributed by atoms with Crippen molar-refractivity contribution in [1.82, 2.24) is 5.32 Å². The number of phenols is 1. The molecule has 0 atom stereocenters. The summed E-state index contributed by atoms with van der Waals surface area (Å²) in [6, 6.07) is 2.61. The van der Waals surface area contributed by atoms with Crippen LogP contribution in [0.25, 0.3) is 0 Å². The number of guanidine groups is 1. The Morgan fingerprint density at radius 2 is 2.22 bits per heavy atom. The van der Waals surface area contributed by atoms with Gasteiger partial charge in [0.25, 0.3) is 0 Å². The first-order chi connectivity index (χ1) is 8.47. The van der Waals surface area contributed by atoms with Crippen molar-refractivity contribution in [1.29, 1.82) is 0 Å². The van der Waals surface area contributed by atoms with Crippen LogP contribution in [-0.2, 0) is 6.42 Å². The summed E-state index contributed by atoms with van der Waals surface area (Å²) in [5, 5.41) is 14.5. The number of aryl methyl sites for hydroxylation is 1. The topological polar surface area (TPSA) is 99.7 Å². The molecule has 0 aliphatic heterocycles. The summed E-state index contributed by atoms with van der Waals surface area (Å²) in [6.45, 7) is 1.92. The van der Waals surface area contributed by atoms with Gasteiger partial charge in [-0.25, -0.2) is 4.79 Å². The van der Waals surface area contributed by atoms with Crippen LogP contribution < -0.4 is 16.4 Å². The predicted molar refractivity (Wildman–Crippen MR) is 74.9 cm³/mol. The molecule has 0 heterocycles. The van der Waals surface area contributed by atoms with Crippen LogP contribution in [0.4, 0.5) is 10.5 Å². The van der Waals surface area contributed by atoms with E-state index in [0.717, 1.165) is 5.56 Å². The van der Waals surface area contributed by atoms with Gasteiger partial charge in [-0.2, -0.15) is 0 Å². The van der Waals surface area contributed by atoms with Gasteiger partial charge in [-0.15, -0.1) is 0 Å². The molecule has 0 aromatic heterocycles. The number of carbonyl (C=O) groups excluding carboxylic acids is 1. The summed E-state index contributed by atoms with van der Waals surface area (Å²) < 4.78 is 0.599. The van der Waals surface area contributed by atoms with E-state index in [1.807, 2.05) is 6.92 Å². The number of nitrogens with zero attached hydrogens (tertiary/aromatic N) is 1. The average molecular weight is 315 g/mol. The molecule has 98 valence electrons. The van der Waals surface area contributed by atoms with Crippen LogP contribution in [0.5, 0.6) is 5.75 Å². The van der Waals surface area contributed by atoms with Crippen LogP contribution in [0.3, 0.4) is 0 Å². The fourth-order valence-corrected chi connectivity index (χ4v) is 1.97. The maximum Gasteiger partial charge on any atom is 0.326 e. The number of hydrogen-bond acceptors (Lipinski definition) is 3. The van der Waals surface area contributed by atoms with Crippen LogP contribution in [0, 0.1) is 0 Å². The SMILES string of the molecule is CCc1cc(O)cc(Br)c1NC(=O)NC(N)=NC. The highest BCUT2D eigenvalue weighted by Gasteiger charge is 2.11. The Kier molecular flexibility index (Phi) is 4.96. The van der Waals surface area contributed by atoms with Gasteiger partial charge in [-0.1, -0.05) is 6.92 Å². The van der Waals surface area contributed by atoms with E-state index in [-0.39, 0.29) is 11.7 Å². The smallest absolute Gasteiger partial charge is 0.326 e. The van der Waals surface area contributed by atoms with E-state index in [4.69, 9.17) is 5.73 Å². The van der Waals surface area contributed by atoms with Gasteiger partial charge in [-0.05, 0) is 40.0 Å². The lowest BCUT2D eigenvalue weighted by molar-refractivity contribution is 0.256. The number of nitrogens with one attached hydrogen (secondary N) is 2. The summed E-state index contributed by atoms with van der Waals surface area (Å²) in [5.74, 6) is 0.166. The molecule has 1 aromatic rings. The maximum absolute atomic E-state index is 11.6. The number of amides is 2. The van der Waals surface area contributed by atoms with E-state index in [9.17, 15) is 9.90 Å². The third-order valence-electron chi connectivity index (χ3n) is 2.26. The minimum Gasteiger partial charge on any atom is -0.508 e. The molecule has 7 heteroatoms. The number of aliphatic imine (C=N–C) groups is 1. The van der Waals surface area contributed by atoms with Gasteiger partial charge in [0.2, 0.25) is 0 Å². The van der Waals surface area contributed by atoms with Gasteiger partial charge in [-0.3, -0.25) is 10.3 Å². The van der Waals surface area contributed by atoms with Gasteiger partial charge in [0.1, 0.15) is 5.75 Å². The van der Waals surface area contributed by atoms with E-state index in [2.05, 4.69) is 31.6 Å². The molecule has 0 spiro atoms. The second-order valence-corrected chi connectivity index (χ2v) is 4.36. The molecule has 0 radical (unpaired) electrons. The summed E-state index contributed by atoms with van der Waals surface area (Å²) in [7, 11) is 1.48. The molecular formula is C11H15BrN4O2. The first-order valence-electron chi connectivity index (χ1n) is 5.29. The highest BCUT2D eigenvalue weighted by atomic mass is 79.9. The molecule has 5 N–H and O–H groups in total. The zero-order valence-electron chi connectivity index (χ0n) is 10.1. The Morgan fingerprint density at radius 1 is 1.56 bits per heavy atom. The fraction of sp³-hybridized carbons (Fsp3) is 0.273. The first kappa shape index (κ1) is 14.3. The van der Waals surface area contributed by atoms with Crippen molar-refractivity contribution >= 4 is 33.6 Å². The number of halogens is 1. The molecule has 0 aliphatic rings. The van der Waals surface area contributed by atoms with Crippen LogP contribution in [0.2, 0.25) is 0 Å². The molecule has 2 amide bonds. The highest BCUT2D eigenvalue weighted by molar-refractivity contribution is 9.10. The standard InChI is InChI=1S/C11H15BrN4O2/c1-3-6-4-7(17)5-8(12)9(6)15-11(18)16-10(13)14-2/h4-5,17H,3H2,1-2H3,(H4,13,14,15,16,18). The average Bonchev–Trinajstić information content (AvgIpc) is 2.31. The molecule has 0 aliphatic carbocycles. The van der Waals surface area contributed by atoms with E-state index in [1.165, 1.54) is 13.1 Å². The van der Waals surface area contributed by atoms with E-state index < -0.39 is 6.03 Å². The summed E-state index contributed by atoms with van der Waals surface area (Å²) in [5.41, 5.74) is 6.79. The lowest BCUT2D eigenvalue weighted by Crippen LogP contribution is -2.39. The second kappa shape index (κ2) is 6.25. The van der Waals surface area contributed by atoms with E-state index in [0.29, 0.717) is 16.6 Å². The zero-order valence-corrected chi connectivity index (χ0v) is 11.7. The normalized spacial score (nSPS) is 11.2. The lowest BCUT2D eigenvalue weighted by atomic mass is 10.1. The van der Waals surface area contributed by atoms with Crippen molar-refractivity contribution in [2.24, 2.45) is 10.7 Å². The largest absolute Gasteiger partial charge is 0.508 e. The third-order valence-corrected chi connectivity index (χ3v) is 2.88. The van der Waals surface area contributed by atoms with Gasteiger partial charge < -0.3 is 16.2 Å². The quantitative estimate of drug-likeness (QED) is 0.380. The number of carbonyl (C=O) groups is 1. The Balaban J connectivity index is 2.93. The van der Waals surface area contributed by atoms with Crippen LogP contribution >= 0.6 is 15.9 Å². The molecule has 0 saturated heterocycles. The van der Waals surface area contributed by atoms with Crippen molar-refractivity contribution in [3.8, 4) is 5.75 Å². The Morgan fingerprint density at radius 3 is 2.78 bits per heavy atom. The number of benzene rings is 1. The number of anilines is 1. The molecule has 0 unspecified atom stereocenters. The number of nitrogens with two attached hydrogens (primary N) is 1. The zero-order chi connectivity index (χ0) is 13.7. The van der Waals surface area contributed by atoms with Crippen molar-refractivity contribution in [3.63, 3.8) is 0 Å². The molecule has 1 aromatic carbocycles. The summed E-state index contributed by atoms with van der Waals surface area (Å²) in [6.07, 6.45) is 0.667. The predicted octanol–water partition coefficient (Wildman–Crippen LogP) is 1.78. The van der Waals surface area contributed by atoms with Crippen LogP contribution in [0.1, 0.15) is 12.5 Å². The molecular weight excluding hydrogens is 300 g/mol. The molecule has 1 rings (SSSR count). The Bertz CT molecular complexity index is 488. The van der Waals surface area contributed by atoms with Crippen molar-refractivity contribution in [2.75, 3.05) is 12.4 Å². The molecule has 0 fully saturated rings. The number of rotatable bonds is 2. The van der Waals surface area contributed by atoms with Crippen molar-refractivity contribution < 1.29 is 9.90 Å². The van der Waals surface area contributed by atoms with E-state index >= 15 is 0 Å². The highest BCUT2D eigenvalue weighted by Crippen LogP contribution is 2.31. The number of hydrogen-bond donors (Lipinski definition) is 4. The van der Waals surface area contributed by atoms with E-state index in [1.54, 1.807) is 6.07 Å². The fourth-order valence-electron chi connectivity index (χ4n) is 1.38. The number of urea groups is 1. The van der Waals surface area contributed by atoms with Crippen molar-refractivity contribution in [3.05, 3.63) is 22.2 Å². The minimum atomic E-state index is -0.487. The van der Waals surface area contributed by atoms with Crippen LogP contribution in [0.15, 0.2) is 21.6 Å². The molecule has 6 nitrogen and oxygen atoms in total. The van der Waals surface area contributed by atoms with Crippen LogP contribution in [-0.4, -0.2) is 24.1 Å². The number of aromatic hydroxyl groups is 1.